The first-order valence-electron chi connectivity index (χ1n) is 5.54. The van der Waals surface area contributed by atoms with Crippen LogP contribution in [-0.2, 0) is 6.42 Å². The zero-order valence-corrected chi connectivity index (χ0v) is 9.15. The minimum Gasteiger partial charge on any atom is -0.424 e. The third kappa shape index (κ3) is 2.35. The summed E-state index contributed by atoms with van der Waals surface area (Å²) in [6, 6.07) is 0.323. The largest absolute Gasteiger partial charge is 0.424 e. The third-order valence-corrected chi connectivity index (χ3v) is 2.88. The van der Waals surface area contributed by atoms with Crippen LogP contribution in [0.25, 0.3) is 0 Å². The molecule has 1 aromatic heterocycles. The molecule has 0 saturated carbocycles. The lowest BCUT2D eigenvalue weighted by Crippen LogP contribution is -2.17. The van der Waals surface area contributed by atoms with E-state index in [4.69, 9.17) is 10.2 Å². The molecule has 2 rings (SSSR count). The Morgan fingerprint density at radius 1 is 1.53 bits per heavy atom. The average Bonchev–Trinajstić information content (AvgIpc) is 2.83. The van der Waals surface area contributed by atoms with Crippen LogP contribution in [0.3, 0.4) is 0 Å². The van der Waals surface area contributed by atoms with Crippen molar-refractivity contribution in [2.75, 3.05) is 20.1 Å². The van der Waals surface area contributed by atoms with Crippen LogP contribution >= 0.6 is 0 Å². The predicted octanol–water partition coefficient (Wildman–Crippen LogP) is 0.728. The van der Waals surface area contributed by atoms with E-state index in [1.807, 2.05) is 0 Å². The Bertz CT molecular complexity index is 312. The topological polar surface area (TPSA) is 68.2 Å². The number of likely N-dealkylation sites (tertiary alicyclic amines) is 1. The van der Waals surface area contributed by atoms with Crippen LogP contribution in [0.1, 0.15) is 37.1 Å². The SMILES string of the molecule is CN1CCC[C@H]1c1nnc(CCCN)o1. The smallest absolute Gasteiger partial charge is 0.233 e. The molecule has 1 saturated heterocycles. The minimum atomic E-state index is 0.323. The number of hydrogen-bond donors (Lipinski definition) is 1. The van der Waals surface area contributed by atoms with Gasteiger partial charge in [0.25, 0.3) is 0 Å². The first kappa shape index (κ1) is 10.6. The molecule has 0 aromatic carbocycles. The summed E-state index contributed by atoms with van der Waals surface area (Å²) in [5.74, 6) is 1.48. The van der Waals surface area contributed by atoms with Crippen molar-refractivity contribution < 1.29 is 4.42 Å². The average molecular weight is 210 g/mol. The van der Waals surface area contributed by atoms with Crippen LogP contribution < -0.4 is 5.73 Å². The summed E-state index contributed by atoms with van der Waals surface area (Å²) in [6.07, 6.45) is 4.03. The summed E-state index contributed by atoms with van der Waals surface area (Å²) < 4.78 is 5.62. The molecule has 5 nitrogen and oxygen atoms in total. The molecule has 1 aromatic rings. The second-order valence-corrected chi connectivity index (χ2v) is 4.06. The van der Waals surface area contributed by atoms with Crippen molar-refractivity contribution >= 4 is 0 Å². The molecule has 2 heterocycles. The number of nitrogens with two attached hydrogens (primary N) is 1. The summed E-state index contributed by atoms with van der Waals surface area (Å²) in [5, 5.41) is 8.14. The molecule has 15 heavy (non-hydrogen) atoms. The van der Waals surface area contributed by atoms with Crippen molar-refractivity contribution in [3.8, 4) is 0 Å². The van der Waals surface area contributed by atoms with Crippen LogP contribution in [0.2, 0.25) is 0 Å². The van der Waals surface area contributed by atoms with Crippen molar-refractivity contribution in [3.05, 3.63) is 11.8 Å². The maximum Gasteiger partial charge on any atom is 0.233 e. The highest BCUT2D eigenvalue weighted by molar-refractivity contribution is 4.93. The van der Waals surface area contributed by atoms with Crippen LogP contribution in [0, 0.1) is 0 Å². The molecule has 0 spiro atoms. The van der Waals surface area contributed by atoms with E-state index in [0.717, 1.165) is 37.6 Å². The minimum absolute atomic E-state index is 0.323. The first-order chi connectivity index (χ1) is 7.31. The van der Waals surface area contributed by atoms with E-state index in [0.29, 0.717) is 12.6 Å². The van der Waals surface area contributed by atoms with E-state index in [-0.39, 0.29) is 0 Å². The molecule has 1 aliphatic rings. The number of aryl methyl sites for hydroxylation is 1. The molecule has 84 valence electrons. The van der Waals surface area contributed by atoms with E-state index in [1.165, 1.54) is 6.42 Å². The van der Waals surface area contributed by atoms with E-state index < -0.39 is 0 Å². The van der Waals surface area contributed by atoms with Crippen molar-refractivity contribution in [1.82, 2.24) is 15.1 Å². The zero-order valence-electron chi connectivity index (χ0n) is 9.15. The Balaban J connectivity index is 1.99. The maximum absolute atomic E-state index is 5.62. The van der Waals surface area contributed by atoms with Gasteiger partial charge < -0.3 is 10.2 Å². The lowest BCUT2D eigenvalue weighted by atomic mass is 10.2. The van der Waals surface area contributed by atoms with Gasteiger partial charge in [0.15, 0.2) is 0 Å². The predicted molar refractivity (Wildman–Crippen MR) is 56.3 cm³/mol. The van der Waals surface area contributed by atoms with Gasteiger partial charge in [-0.15, -0.1) is 10.2 Å². The van der Waals surface area contributed by atoms with E-state index >= 15 is 0 Å². The lowest BCUT2D eigenvalue weighted by molar-refractivity contribution is 0.263. The maximum atomic E-state index is 5.62. The van der Waals surface area contributed by atoms with E-state index in [2.05, 4.69) is 22.1 Å². The molecule has 0 amide bonds. The highest BCUT2D eigenvalue weighted by atomic mass is 16.4. The van der Waals surface area contributed by atoms with E-state index in [9.17, 15) is 0 Å². The van der Waals surface area contributed by atoms with E-state index in [1.54, 1.807) is 0 Å². The van der Waals surface area contributed by atoms with Crippen molar-refractivity contribution in [2.45, 2.75) is 31.7 Å². The molecule has 0 bridgehead atoms. The van der Waals surface area contributed by atoms with Gasteiger partial charge in [0, 0.05) is 6.42 Å². The third-order valence-electron chi connectivity index (χ3n) is 2.88. The second-order valence-electron chi connectivity index (χ2n) is 4.06. The standard InChI is InChI=1S/C10H18N4O/c1-14-7-3-4-8(14)10-13-12-9(15-10)5-2-6-11/h8H,2-7,11H2,1H3/t8-/m0/s1. The monoisotopic (exact) mass is 210 g/mol. The van der Waals surface area contributed by atoms with Crippen LogP contribution in [-0.4, -0.2) is 35.2 Å². The highest BCUT2D eigenvalue weighted by Crippen LogP contribution is 2.29. The Hall–Kier alpha value is -0.940. The van der Waals surface area contributed by atoms with Gasteiger partial charge in [-0.3, -0.25) is 4.90 Å². The number of nitrogens with zero attached hydrogens (tertiary/aromatic N) is 3. The molecule has 0 aliphatic carbocycles. The summed E-state index contributed by atoms with van der Waals surface area (Å²) in [6.45, 7) is 1.78. The fraction of sp³-hybridized carbons (Fsp3) is 0.800. The Kier molecular flexibility index (Phi) is 3.33. The summed E-state index contributed by atoms with van der Waals surface area (Å²) in [5.41, 5.74) is 5.43. The van der Waals surface area contributed by atoms with Gasteiger partial charge in [-0.2, -0.15) is 0 Å². The number of hydrogen-bond acceptors (Lipinski definition) is 5. The zero-order chi connectivity index (χ0) is 10.7. The van der Waals surface area contributed by atoms with Gasteiger partial charge in [-0.25, -0.2) is 0 Å². The van der Waals surface area contributed by atoms with Gasteiger partial charge in [0.2, 0.25) is 11.8 Å². The molecule has 0 radical (unpaired) electrons. The Labute approximate surface area is 89.6 Å². The molecule has 2 N–H and O–H groups in total. The second kappa shape index (κ2) is 4.72. The lowest BCUT2D eigenvalue weighted by Gasteiger charge is -2.14. The fourth-order valence-electron chi connectivity index (χ4n) is 1.98. The molecular weight excluding hydrogens is 192 g/mol. The molecule has 1 fully saturated rings. The Morgan fingerprint density at radius 3 is 3.07 bits per heavy atom. The number of aromatic nitrogens is 2. The van der Waals surface area contributed by atoms with Gasteiger partial charge in [0.05, 0.1) is 6.04 Å². The number of rotatable bonds is 4. The van der Waals surface area contributed by atoms with Crippen LogP contribution in [0.15, 0.2) is 4.42 Å². The van der Waals surface area contributed by atoms with Crippen LogP contribution in [0.4, 0.5) is 0 Å². The van der Waals surface area contributed by atoms with Crippen molar-refractivity contribution in [1.29, 1.82) is 0 Å². The normalized spacial score (nSPS) is 22.4. The van der Waals surface area contributed by atoms with Gasteiger partial charge in [-0.1, -0.05) is 0 Å². The van der Waals surface area contributed by atoms with Gasteiger partial charge >= 0.3 is 0 Å². The summed E-state index contributed by atoms with van der Waals surface area (Å²) in [7, 11) is 2.10. The highest BCUT2D eigenvalue weighted by Gasteiger charge is 2.27. The first-order valence-corrected chi connectivity index (χ1v) is 5.54. The molecule has 1 aliphatic heterocycles. The molecule has 5 heteroatoms. The molecule has 0 unspecified atom stereocenters. The summed E-state index contributed by atoms with van der Waals surface area (Å²) in [4.78, 5) is 2.26. The van der Waals surface area contributed by atoms with Gasteiger partial charge in [-0.05, 0) is 39.4 Å². The van der Waals surface area contributed by atoms with Crippen molar-refractivity contribution in [2.24, 2.45) is 5.73 Å². The van der Waals surface area contributed by atoms with Crippen molar-refractivity contribution in [3.63, 3.8) is 0 Å². The molecular formula is C10H18N4O. The van der Waals surface area contributed by atoms with Crippen LogP contribution in [0.5, 0.6) is 0 Å². The summed E-state index contributed by atoms with van der Waals surface area (Å²) >= 11 is 0. The van der Waals surface area contributed by atoms with Gasteiger partial charge in [0.1, 0.15) is 0 Å². The Morgan fingerprint density at radius 2 is 2.40 bits per heavy atom. The quantitative estimate of drug-likeness (QED) is 0.793. The molecule has 1 atom stereocenters. The fourth-order valence-corrected chi connectivity index (χ4v) is 1.98.